The van der Waals surface area contributed by atoms with Crippen LogP contribution in [0.25, 0.3) is 32.9 Å². The number of pyridine rings is 1. The number of phenolic OH excluding ortho intramolecular Hbond substituents is 1. The summed E-state index contributed by atoms with van der Waals surface area (Å²) in [7, 11) is 0. The molecule has 272 valence electrons. The van der Waals surface area contributed by atoms with Crippen molar-refractivity contribution in [1.29, 1.82) is 0 Å². The van der Waals surface area contributed by atoms with Gasteiger partial charge in [0.05, 0.1) is 29.6 Å². The molecule has 0 spiro atoms. The third-order valence-corrected chi connectivity index (χ3v) is 11.2. The third-order valence-electron chi connectivity index (χ3n) is 11.2. The lowest BCUT2D eigenvalue weighted by Gasteiger charge is -2.41. The topological polar surface area (TPSA) is 149 Å². The predicted octanol–water partition coefficient (Wildman–Crippen LogP) is 4.41. The van der Waals surface area contributed by atoms with E-state index in [-0.39, 0.29) is 68.7 Å². The van der Waals surface area contributed by atoms with Crippen LogP contribution in [0.3, 0.4) is 0 Å². The first kappa shape index (κ1) is 33.3. The molecule has 5 aromatic rings. The molecule has 4 aliphatic rings. The number of carbonyl (C=O) groups is 1. The number of anilines is 1. The van der Waals surface area contributed by atoms with Gasteiger partial charge in [-0.2, -0.15) is 9.97 Å². The van der Waals surface area contributed by atoms with E-state index in [0.29, 0.717) is 62.2 Å². The van der Waals surface area contributed by atoms with Gasteiger partial charge in [-0.3, -0.25) is 9.78 Å². The van der Waals surface area contributed by atoms with Gasteiger partial charge in [0.2, 0.25) is 5.82 Å². The second-order valence-electron chi connectivity index (χ2n) is 14.7. The number of hydrogen-bond donors (Lipinski definition) is 2. The number of piperazine rings is 1. The first-order chi connectivity index (χ1) is 25.7. The van der Waals surface area contributed by atoms with Crippen LogP contribution in [-0.2, 0) is 0 Å². The number of tetrazole rings is 1. The summed E-state index contributed by atoms with van der Waals surface area (Å²) in [5.74, 6) is 0.883. The number of H-pyrrole nitrogens is 1. The summed E-state index contributed by atoms with van der Waals surface area (Å²) in [5, 5.41) is 25.0. The summed E-state index contributed by atoms with van der Waals surface area (Å²) >= 11 is 0. The molecule has 2 bridgehead atoms. The normalized spacial score (nSPS) is 21.3. The molecular weight excluding hydrogens is 689 g/mol. The van der Waals surface area contributed by atoms with Crippen LogP contribution in [-0.4, -0.2) is 114 Å². The summed E-state index contributed by atoms with van der Waals surface area (Å²) in [5.41, 5.74) is -0.363. The molecule has 2 N–H and O–H groups in total. The molecule has 1 saturated carbocycles. The van der Waals surface area contributed by atoms with Crippen molar-refractivity contribution < 1.29 is 27.8 Å². The van der Waals surface area contributed by atoms with E-state index in [1.165, 1.54) is 30.5 Å². The fourth-order valence-electron chi connectivity index (χ4n) is 8.32. The molecule has 53 heavy (non-hydrogen) atoms. The Morgan fingerprint density at radius 3 is 2.57 bits per heavy atom. The lowest BCUT2D eigenvalue weighted by atomic mass is 9.96. The number of aromatic hydroxyl groups is 1. The Kier molecular flexibility index (Phi) is 8.06. The monoisotopic (exact) mass is 724 g/mol. The third kappa shape index (κ3) is 5.92. The molecule has 16 heteroatoms. The standard InChI is InChI=1S/C37H35F3N10O3/c1-2-25-28(39)6-3-20-13-24(51)14-26(29(20)25)31-30(40)32-27(15-41-31)34(49-16-22-4-5-23(17-49)50(22)35(52)33-44-46-47-45-33)43-36(42-32)53-19-37(9-10-37)18-48-11-7-21(38)8-12-48/h1,3,6,13-15,21-23,51H,4-5,7-12,16-19H2,(H,44,45,46,47). The number of alkyl halides is 1. The molecule has 9 rings (SSSR count). The van der Waals surface area contributed by atoms with Gasteiger partial charge in [-0.05, 0) is 72.5 Å². The van der Waals surface area contributed by atoms with Gasteiger partial charge in [-0.25, -0.2) is 18.3 Å². The van der Waals surface area contributed by atoms with E-state index < -0.39 is 17.8 Å². The van der Waals surface area contributed by atoms with Gasteiger partial charge in [-0.1, -0.05) is 12.0 Å². The number of ether oxygens (including phenoxy) is 1. The Bertz CT molecular complexity index is 2270. The molecule has 2 unspecified atom stereocenters. The van der Waals surface area contributed by atoms with Crippen molar-refractivity contribution in [3.05, 3.63) is 53.5 Å². The molecule has 3 aliphatic heterocycles. The van der Waals surface area contributed by atoms with Gasteiger partial charge in [0.25, 0.3) is 5.91 Å². The Morgan fingerprint density at radius 1 is 1.09 bits per heavy atom. The average molecular weight is 725 g/mol. The number of nitrogens with one attached hydrogen (secondary N) is 1. The number of carbonyl (C=O) groups excluding carboxylic acids is 1. The molecular formula is C37H35F3N10O3. The van der Waals surface area contributed by atoms with Crippen LogP contribution < -0.4 is 9.64 Å². The fraction of sp³-hybridized carbons (Fsp3) is 0.432. The molecule has 3 saturated heterocycles. The average Bonchev–Trinajstić information content (AvgIpc) is 3.57. The quantitative estimate of drug-likeness (QED) is 0.219. The fourth-order valence-corrected chi connectivity index (χ4v) is 8.32. The summed E-state index contributed by atoms with van der Waals surface area (Å²) in [6.07, 6.45) is 10.8. The molecule has 0 radical (unpaired) electrons. The van der Waals surface area contributed by atoms with Gasteiger partial charge in [0, 0.05) is 55.3 Å². The van der Waals surface area contributed by atoms with Crippen LogP contribution >= 0.6 is 0 Å². The number of fused-ring (bicyclic) bond motifs is 4. The number of aromatic nitrogens is 7. The van der Waals surface area contributed by atoms with E-state index in [0.717, 1.165) is 32.2 Å². The van der Waals surface area contributed by atoms with E-state index >= 15 is 4.39 Å². The number of likely N-dealkylation sites (tertiary alicyclic amines) is 1. The van der Waals surface area contributed by atoms with Gasteiger partial charge >= 0.3 is 6.01 Å². The molecule has 2 aromatic carbocycles. The van der Waals surface area contributed by atoms with Crippen LogP contribution in [0.4, 0.5) is 19.0 Å². The molecule has 1 aliphatic carbocycles. The molecule has 2 atom stereocenters. The number of benzene rings is 2. The first-order valence-corrected chi connectivity index (χ1v) is 17.8. The van der Waals surface area contributed by atoms with Gasteiger partial charge in [0.15, 0.2) is 5.82 Å². The van der Waals surface area contributed by atoms with E-state index in [2.05, 4.69) is 41.4 Å². The van der Waals surface area contributed by atoms with Crippen LogP contribution in [0.1, 0.15) is 54.7 Å². The maximum absolute atomic E-state index is 17.0. The van der Waals surface area contributed by atoms with Gasteiger partial charge < -0.3 is 24.5 Å². The summed E-state index contributed by atoms with van der Waals surface area (Å²) < 4.78 is 52.1. The molecule has 1 amide bonds. The number of halogens is 3. The number of terminal acetylenes is 1. The smallest absolute Gasteiger partial charge is 0.319 e. The van der Waals surface area contributed by atoms with Gasteiger partial charge in [0.1, 0.15) is 34.8 Å². The van der Waals surface area contributed by atoms with Crippen molar-refractivity contribution in [3.8, 4) is 35.4 Å². The maximum Gasteiger partial charge on any atom is 0.319 e. The number of phenols is 1. The lowest BCUT2D eigenvalue weighted by molar-refractivity contribution is 0.0628. The highest BCUT2D eigenvalue weighted by Gasteiger charge is 2.46. The number of hydrogen-bond acceptors (Lipinski definition) is 11. The minimum Gasteiger partial charge on any atom is -0.508 e. The van der Waals surface area contributed by atoms with E-state index in [1.807, 2.05) is 4.90 Å². The van der Waals surface area contributed by atoms with Crippen LogP contribution in [0.5, 0.6) is 11.8 Å². The second kappa shape index (κ2) is 12.8. The Balaban J connectivity index is 1.11. The van der Waals surface area contributed by atoms with Crippen molar-refractivity contribution in [2.45, 2.75) is 56.8 Å². The molecule has 13 nitrogen and oxygen atoms in total. The number of aromatic amines is 1. The van der Waals surface area contributed by atoms with Gasteiger partial charge in [-0.15, -0.1) is 11.5 Å². The predicted molar refractivity (Wildman–Crippen MR) is 187 cm³/mol. The number of piperidine rings is 1. The minimum atomic E-state index is -0.819. The zero-order chi connectivity index (χ0) is 36.4. The van der Waals surface area contributed by atoms with E-state index in [1.54, 1.807) is 4.90 Å². The zero-order valence-electron chi connectivity index (χ0n) is 28.6. The Morgan fingerprint density at radius 2 is 1.87 bits per heavy atom. The van der Waals surface area contributed by atoms with Crippen molar-refractivity contribution in [1.82, 2.24) is 45.4 Å². The first-order valence-electron chi connectivity index (χ1n) is 17.8. The highest BCUT2D eigenvalue weighted by atomic mass is 19.1. The van der Waals surface area contributed by atoms with Crippen molar-refractivity contribution in [2.75, 3.05) is 44.2 Å². The van der Waals surface area contributed by atoms with Crippen LogP contribution in [0, 0.1) is 29.4 Å². The maximum atomic E-state index is 17.0. The number of nitrogens with zero attached hydrogens (tertiary/aromatic N) is 9. The number of amides is 1. The Hall–Kier alpha value is -5.56. The molecule has 3 aromatic heterocycles. The zero-order valence-corrected chi connectivity index (χ0v) is 28.6. The van der Waals surface area contributed by atoms with E-state index in [9.17, 15) is 18.7 Å². The highest BCUT2D eigenvalue weighted by molar-refractivity contribution is 6.03. The van der Waals surface area contributed by atoms with Crippen molar-refractivity contribution >= 4 is 33.4 Å². The van der Waals surface area contributed by atoms with Crippen molar-refractivity contribution in [3.63, 3.8) is 0 Å². The molecule has 4 fully saturated rings. The summed E-state index contributed by atoms with van der Waals surface area (Å²) in [6, 6.07) is 5.01. The number of rotatable bonds is 8. The highest BCUT2D eigenvalue weighted by Crippen LogP contribution is 2.47. The SMILES string of the molecule is C#Cc1c(F)ccc2cc(O)cc(-c3ncc4c(N5CC6CCC(C5)N6C(=O)c5nnn[nH]5)nc(OCC5(CN6CCC(F)CC6)CC5)nc4c3F)c12. The molecule has 6 heterocycles. The summed E-state index contributed by atoms with van der Waals surface area (Å²) in [6.45, 7) is 3.25. The second-order valence-corrected chi connectivity index (χ2v) is 14.7. The van der Waals surface area contributed by atoms with Crippen LogP contribution in [0.2, 0.25) is 0 Å². The van der Waals surface area contributed by atoms with Crippen LogP contribution in [0.15, 0.2) is 30.5 Å². The minimum absolute atomic E-state index is 0.0213. The lowest BCUT2D eigenvalue weighted by Crippen LogP contribution is -2.56. The summed E-state index contributed by atoms with van der Waals surface area (Å²) in [4.78, 5) is 33.3. The Labute approximate surface area is 301 Å². The van der Waals surface area contributed by atoms with E-state index in [4.69, 9.17) is 16.1 Å². The largest absolute Gasteiger partial charge is 0.508 e. The van der Waals surface area contributed by atoms with Crippen molar-refractivity contribution in [2.24, 2.45) is 5.41 Å².